The maximum atomic E-state index is 11.9. The second-order valence-electron chi connectivity index (χ2n) is 6.03. The second kappa shape index (κ2) is 6.36. The van der Waals surface area contributed by atoms with Crippen LogP contribution in [0.1, 0.15) is 23.1 Å². The maximum Gasteiger partial charge on any atom is 0.336 e. The molecule has 0 fully saturated rings. The molecule has 4 heteroatoms. The molecule has 0 atom stereocenters. The lowest BCUT2D eigenvalue weighted by atomic mass is 10.1. The highest BCUT2D eigenvalue weighted by Crippen LogP contribution is 2.31. The lowest BCUT2D eigenvalue weighted by Gasteiger charge is -2.08. The van der Waals surface area contributed by atoms with Crippen LogP contribution in [0.25, 0.3) is 11.0 Å². The van der Waals surface area contributed by atoms with Gasteiger partial charge in [-0.05, 0) is 60.2 Å². The molecule has 0 saturated carbocycles. The zero-order valence-electron chi connectivity index (χ0n) is 13.5. The Kier molecular flexibility index (Phi) is 4.07. The SMILES string of the molecule is COc1ccc2c(CSc3ccc4c(c3)CCC4)cc(=O)oc2c1. The van der Waals surface area contributed by atoms with Gasteiger partial charge in [0, 0.05) is 28.2 Å². The van der Waals surface area contributed by atoms with E-state index in [9.17, 15) is 4.79 Å². The van der Waals surface area contributed by atoms with Crippen LogP contribution in [-0.4, -0.2) is 7.11 Å². The first-order valence-electron chi connectivity index (χ1n) is 8.08. The topological polar surface area (TPSA) is 39.4 Å². The smallest absolute Gasteiger partial charge is 0.336 e. The zero-order chi connectivity index (χ0) is 16.5. The van der Waals surface area contributed by atoms with E-state index in [-0.39, 0.29) is 5.63 Å². The van der Waals surface area contributed by atoms with Gasteiger partial charge in [-0.15, -0.1) is 11.8 Å². The summed E-state index contributed by atoms with van der Waals surface area (Å²) in [6.07, 6.45) is 3.64. The lowest BCUT2D eigenvalue weighted by Crippen LogP contribution is -2.00. The molecule has 0 N–H and O–H groups in total. The summed E-state index contributed by atoms with van der Waals surface area (Å²) in [5.74, 6) is 1.43. The van der Waals surface area contributed by atoms with Crippen LogP contribution < -0.4 is 10.4 Å². The highest BCUT2D eigenvalue weighted by molar-refractivity contribution is 7.98. The molecule has 0 bridgehead atoms. The third kappa shape index (κ3) is 2.94. The van der Waals surface area contributed by atoms with Gasteiger partial charge in [-0.1, -0.05) is 6.07 Å². The van der Waals surface area contributed by atoms with Gasteiger partial charge in [0.25, 0.3) is 0 Å². The van der Waals surface area contributed by atoms with Crippen molar-refractivity contribution in [3.05, 3.63) is 69.6 Å². The number of ether oxygens (including phenoxy) is 1. The normalized spacial score (nSPS) is 13.2. The molecule has 1 aliphatic carbocycles. The van der Waals surface area contributed by atoms with E-state index >= 15 is 0 Å². The maximum absolute atomic E-state index is 11.9. The lowest BCUT2D eigenvalue weighted by molar-refractivity contribution is 0.414. The number of fused-ring (bicyclic) bond motifs is 2. The summed E-state index contributed by atoms with van der Waals surface area (Å²) in [6, 6.07) is 13.9. The molecule has 0 spiro atoms. The minimum Gasteiger partial charge on any atom is -0.497 e. The Balaban J connectivity index is 1.63. The Morgan fingerprint density at radius 1 is 1.08 bits per heavy atom. The third-order valence-electron chi connectivity index (χ3n) is 4.50. The molecule has 1 heterocycles. The highest BCUT2D eigenvalue weighted by atomic mass is 32.2. The number of aryl methyl sites for hydroxylation is 2. The fraction of sp³-hybridized carbons (Fsp3) is 0.250. The number of methoxy groups -OCH3 is 1. The summed E-state index contributed by atoms with van der Waals surface area (Å²) in [5, 5.41) is 0.962. The first-order valence-corrected chi connectivity index (χ1v) is 9.07. The van der Waals surface area contributed by atoms with Crippen molar-refractivity contribution in [3.63, 3.8) is 0 Å². The monoisotopic (exact) mass is 338 g/mol. The number of rotatable bonds is 4. The van der Waals surface area contributed by atoms with Crippen molar-refractivity contribution in [1.82, 2.24) is 0 Å². The minimum absolute atomic E-state index is 0.319. The van der Waals surface area contributed by atoms with Crippen LogP contribution in [0.15, 0.2) is 56.6 Å². The predicted molar refractivity (Wildman–Crippen MR) is 97.1 cm³/mol. The molecular weight excluding hydrogens is 320 g/mol. The third-order valence-corrected chi connectivity index (χ3v) is 5.54. The summed E-state index contributed by atoms with van der Waals surface area (Å²) in [7, 11) is 1.60. The van der Waals surface area contributed by atoms with Crippen molar-refractivity contribution in [2.24, 2.45) is 0 Å². The van der Waals surface area contributed by atoms with Crippen molar-refractivity contribution in [3.8, 4) is 5.75 Å². The summed E-state index contributed by atoms with van der Waals surface area (Å²) >= 11 is 1.76. The van der Waals surface area contributed by atoms with Gasteiger partial charge in [0.1, 0.15) is 11.3 Å². The molecule has 0 saturated heterocycles. The van der Waals surface area contributed by atoms with Gasteiger partial charge < -0.3 is 9.15 Å². The van der Waals surface area contributed by atoms with Crippen LogP contribution in [0.3, 0.4) is 0 Å². The van der Waals surface area contributed by atoms with Crippen molar-refractivity contribution in [1.29, 1.82) is 0 Å². The number of hydrogen-bond donors (Lipinski definition) is 0. The van der Waals surface area contributed by atoms with E-state index in [2.05, 4.69) is 18.2 Å². The molecule has 0 aliphatic heterocycles. The van der Waals surface area contributed by atoms with Crippen molar-refractivity contribution in [2.75, 3.05) is 7.11 Å². The number of thioether (sulfide) groups is 1. The zero-order valence-corrected chi connectivity index (χ0v) is 14.3. The molecular formula is C20H18O3S. The average Bonchev–Trinajstić information content (AvgIpc) is 3.06. The summed E-state index contributed by atoms with van der Waals surface area (Å²) in [4.78, 5) is 13.1. The van der Waals surface area contributed by atoms with Gasteiger partial charge in [0.2, 0.25) is 0 Å². The van der Waals surface area contributed by atoms with E-state index in [1.54, 1.807) is 31.0 Å². The van der Waals surface area contributed by atoms with Gasteiger partial charge in [-0.3, -0.25) is 0 Å². The second-order valence-corrected chi connectivity index (χ2v) is 7.07. The van der Waals surface area contributed by atoms with Crippen molar-refractivity contribution < 1.29 is 9.15 Å². The van der Waals surface area contributed by atoms with E-state index in [0.29, 0.717) is 11.3 Å². The van der Waals surface area contributed by atoms with Crippen LogP contribution in [0.2, 0.25) is 0 Å². The van der Waals surface area contributed by atoms with Gasteiger partial charge in [0.05, 0.1) is 7.11 Å². The Morgan fingerprint density at radius 3 is 2.83 bits per heavy atom. The number of hydrogen-bond acceptors (Lipinski definition) is 4. The average molecular weight is 338 g/mol. The van der Waals surface area contributed by atoms with Crippen LogP contribution >= 0.6 is 11.8 Å². The van der Waals surface area contributed by atoms with Crippen LogP contribution in [0.5, 0.6) is 5.75 Å². The Hall–Kier alpha value is -2.20. The largest absolute Gasteiger partial charge is 0.497 e. The molecule has 3 aromatic rings. The summed E-state index contributed by atoms with van der Waals surface area (Å²) < 4.78 is 10.5. The Bertz CT molecular complexity index is 959. The van der Waals surface area contributed by atoms with E-state index in [1.165, 1.54) is 35.3 Å². The molecule has 0 radical (unpaired) electrons. The van der Waals surface area contributed by atoms with E-state index < -0.39 is 0 Å². The molecule has 1 aliphatic rings. The fourth-order valence-electron chi connectivity index (χ4n) is 3.26. The van der Waals surface area contributed by atoms with Crippen molar-refractivity contribution in [2.45, 2.75) is 29.9 Å². The molecule has 24 heavy (non-hydrogen) atoms. The van der Waals surface area contributed by atoms with E-state index in [1.807, 2.05) is 12.1 Å². The van der Waals surface area contributed by atoms with E-state index in [4.69, 9.17) is 9.15 Å². The minimum atomic E-state index is -0.319. The number of benzene rings is 2. The first kappa shape index (κ1) is 15.3. The van der Waals surface area contributed by atoms with Gasteiger partial charge in [-0.25, -0.2) is 4.79 Å². The predicted octanol–water partition coefficient (Wildman–Crippen LogP) is 4.58. The molecule has 0 unspecified atom stereocenters. The molecule has 2 aromatic carbocycles. The molecule has 0 amide bonds. The molecule has 4 rings (SSSR count). The highest BCUT2D eigenvalue weighted by Gasteiger charge is 2.12. The first-order chi connectivity index (χ1) is 11.7. The molecule has 1 aromatic heterocycles. The quantitative estimate of drug-likeness (QED) is 0.515. The summed E-state index contributed by atoms with van der Waals surface area (Å²) in [5.41, 5.74) is 4.21. The molecule has 3 nitrogen and oxygen atoms in total. The fourth-order valence-corrected chi connectivity index (χ4v) is 4.21. The van der Waals surface area contributed by atoms with Gasteiger partial charge in [0.15, 0.2) is 0 Å². The van der Waals surface area contributed by atoms with Crippen LogP contribution in [0, 0.1) is 0 Å². The Morgan fingerprint density at radius 2 is 1.96 bits per heavy atom. The molecule has 122 valence electrons. The van der Waals surface area contributed by atoms with Crippen LogP contribution in [-0.2, 0) is 18.6 Å². The van der Waals surface area contributed by atoms with Crippen LogP contribution in [0.4, 0.5) is 0 Å². The van der Waals surface area contributed by atoms with E-state index in [0.717, 1.165) is 16.7 Å². The Labute approximate surface area is 144 Å². The summed E-state index contributed by atoms with van der Waals surface area (Å²) in [6.45, 7) is 0. The van der Waals surface area contributed by atoms with Gasteiger partial charge >= 0.3 is 5.63 Å². The van der Waals surface area contributed by atoms with Gasteiger partial charge in [-0.2, -0.15) is 0 Å². The standard InChI is InChI=1S/C20H18O3S/c1-22-16-6-8-18-15(10-20(21)23-19(18)11-16)12-24-17-7-5-13-3-2-4-14(13)9-17/h5-11H,2-4,12H2,1H3. The van der Waals surface area contributed by atoms with Crippen molar-refractivity contribution >= 4 is 22.7 Å².